The summed E-state index contributed by atoms with van der Waals surface area (Å²) >= 11 is 0. The molecule has 0 saturated carbocycles. The highest BCUT2D eigenvalue weighted by Crippen LogP contribution is 2.47. The Morgan fingerprint density at radius 2 is 0.923 bits per heavy atom. The van der Waals surface area contributed by atoms with E-state index in [1.165, 1.54) is 12.1 Å². The van der Waals surface area contributed by atoms with E-state index in [-0.39, 0.29) is 17.9 Å². The number of ether oxygens (including phenoxy) is 1. The van der Waals surface area contributed by atoms with E-state index < -0.39 is 58.3 Å². The molecule has 11 heteroatoms. The highest BCUT2D eigenvalue weighted by molar-refractivity contribution is 7.97. The maximum absolute atomic E-state index is 13.4. The molecule has 39 heavy (non-hydrogen) atoms. The predicted octanol–water partition coefficient (Wildman–Crippen LogP) is 9.42. The first-order chi connectivity index (χ1) is 18.2. The first-order valence-corrected chi connectivity index (χ1v) is 12.4. The number of rotatable bonds is 6. The Kier molecular flexibility index (Phi) is 7.92. The van der Waals surface area contributed by atoms with Crippen molar-refractivity contribution in [2.75, 3.05) is 0 Å². The summed E-state index contributed by atoms with van der Waals surface area (Å²) in [6.07, 6.45) is -17.2. The van der Waals surface area contributed by atoms with Crippen molar-refractivity contribution in [2.45, 2.75) is 39.8 Å². The van der Waals surface area contributed by atoms with Gasteiger partial charge in [0, 0.05) is 0 Å². The zero-order valence-corrected chi connectivity index (χ0v) is 20.5. The molecule has 204 valence electrons. The van der Waals surface area contributed by atoms with Gasteiger partial charge in [0.15, 0.2) is 14.7 Å². The summed E-state index contributed by atoms with van der Waals surface area (Å²) in [5.41, 5.74) is -8.33. The molecule has 0 N–H and O–H groups in total. The molecule has 0 fully saturated rings. The fourth-order valence-corrected chi connectivity index (χ4v) is 5.98. The average molecular weight is 574 g/mol. The van der Waals surface area contributed by atoms with Crippen molar-refractivity contribution in [3.8, 4) is 5.75 Å². The van der Waals surface area contributed by atoms with Crippen LogP contribution in [0.3, 0.4) is 0 Å². The lowest BCUT2D eigenvalue weighted by Crippen LogP contribution is -2.23. The van der Waals surface area contributed by atoms with Crippen LogP contribution in [0.4, 0.5) is 39.5 Å². The number of hydrogen-bond donors (Lipinski definition) is 0. The molecule has 4 rings (SSSR count). The molecule has 0 aliphatic carbocycles. The summed E-state index contributed by atoms with van der Waals surface area (Å²) in [6, 6.07) is 25.7. The molecule has 4 aromatic carbocycles. The van der Waals surface area contributed by atoms with Crippen molar-refractivity contribution in [1.82, 2.24) is 0 Å². The van der Waals surface area contributed by atoms with Crippen molar-refractivity contribution >= 4 is 10.9 Å². The van der Waals surface area contributed by atoms with Crippen molar-refractivity contribution in [3.05, 3.63) is 119 Å². The fourth-order valence-electron chi connectivity index (χ4n) is 3.90. The average Bonchev–Trinajstić information content (AvgIpc) is 2.87. The van der Waals surface area contributed by atoms with Gasteiger partial charge in [-0.3, -0.25) is 0 Å². The molecule has 0 aliphatic rings. The second kappa shape index (κ2) is 10.9. The third-order valence-corrected chi connectivity index (χ3v) is 7.75. The van der Waals surface area contributed by atoms with E-state index in [9.17, 15) is 39.5 Å². The van der Waals surface area contributed by atoms with E-state index in [1.54, 1.807) is 12.1 Å². The molecular formula is C28H18F9OS+. The largest absolute Gasteiger partial charge is 0.489 e. The second-order valence-electron chi connectivity index (χ2n) is 8.25. The summed E-state index contributed by atoms with van der Waals surface area (Å²) in [7, 11) is -0.512. The summed E-state index contributed by atoms with van der Waals surface area (Å²) < 4.78 is 125. The first-order valence-electron chi connectivity index (χ1n) is 11.2. The minimum Gasteiger partial charge on any atom is -0.489 e. The quantitative estimate of drug-likeness (QED) is 0.165. The van der Waals surface area contributed by atoms with Gasteiger partial charge in [0.2, 0.25) is 0 Å². The molecule has 0 radical (unpaired) electrons. The summed E-state index contributed by atoms with van der Waals surface area (Å²) in [5, 5.41) is 0. The van der Waals surface area contributed by atoms with E-state index in [2.05, 4.69) is 0 Å². The highest BCUT2D eigenvalue weighted by atomic mass is 32.2. The Balaban J connectivity index is 1.64. The number of hydrogen-bond acceptors (Lipinski definition) is 1. The SMILES string of the molecule is FC(F)(F)c1cc(COc2ccc([S+](c3ccccc3)c3ccccc3)cc2)cc(C(F)(F)F)c1C(F)(F)F. The van der Waals surface area contributed by atoms with Gasteiger partial charge in [-0.05, 0) is 66.2 Å². The first kappa shape index (κ1) is 28.4. The molecule has 0 aliphatic heterocycles. The molecule has 0 bridgehead atoms. The van der Waals surface area contributed by atoms with Crippen LogP contribution >= 0.6 is 0 Å². The molecule has 0 saturated heterocycles. The summed E-state index contributed by atoms with van der Waals surface area (Å²) in [5.74, 6) is 0.116. The van der Waals surface area contributed by atoms with Gasteiger partial charge in [0.1, 0.15) is 12.4 Å². The molecule has 0 spiro atoms. The smallest absolute Gasteiger partial charge is 0.417 e. The van der Waals surface area contributed by atoms with E-state index >= 15 is 0 Å². The lowest BCUT2D eigenvalue weighted by atomic mass is 9.96. The van der Waals surface area contributed by atoms with Gasteiger partial charge in [-0.2, -0.15) is 39.5 Å². The number of halogens is 9. The van der Waals surface area contributed by atoms with Crippen molar-refractivity contribution in [3.63, 3.8) is 0 Å². The minimum absolute atomic E-state index is 0.0364. The minimum atomic E-state index is -5.88. The third-order valence-electron chi connectivity index (χ3n) is 5.52. The number of alkyl halides is 9. The predicted molar refractivity (Wildman–Crippen MR) is 127 cm³/mol. The third kappa shape index (κ3) is 6.70. The van der Waals surface area contributed by atoms with Gasteiger partial charge in [0.05, 0.1) is 27.6 Å². The van der Waals surface area contributed by atoms with Gasteiger partial charge in [0.25, 0.3) is 0 Å². The van der Waals surface area contributed by atoms with Crippen LogP contribution in [0.25, 0.3) is 0 Å². The molecule has 0 amide bonds. The van der Waals surface area contributed by atoms with Crippen LogP contribution in [0, 0.1) is 0 Å². The van der Waals surface area contributed by atoms with Crippen molar-refractivity contribution < 1.29 is 44.3 Å². The van der Waals surface area contributed by atoms with Gasteiger partial charge in [-0.25, -0.2) is 0 Å². The number of benzene rings is 4. The molecular weight excluding hydrogens is 555 g/mol. The van der Waals surface area contributed by atoms with Crippen LogP contribution in [-0.2, 0) is 36.0 Å². The standard InChI is InChI=1S/C28H18F9OS/c29-26(30,31)23-15-18(16-24(27(32,33)34)25(23)28(35,36)37)17-38-19-11-13-22(14-12-19)39(20-7-3-1-4-8-20)21-9-5-2-6-10-21/h1-16H,17H2/q+1. The van der Waals surface area contributed by atoms with E-state index in [1.807, 2.05) is 60.7 Å². The van der Waals surface area contributed by atoms with Crippen LogP contribution in [0.5, 0.6) is 5.75 Å². The van der Waals surface area contributed by atoms with Crippen LogP contribution in [0.1, 0.15) is 22.3 Å². The van der Waals surface area contributed by atoms with Crippen molar-refractivity contribution in [2.24, 2.45) is 0 Å². The maximum atomic E-state index is 13.4. The zero-order chi connectivity index (χ0) is 28.4. The molecule has 4 aromatic rings. The van der Waals surface area contributed by atoms with Crippen LogP contribution in [0.2, 0.25) is 0 Å². The van der Waals surface area contributed by atoms with E-state index in [0.717, 1.165) is 14.7 Å². The van der Waals surface area contributed by atoms with Crippen LogP contribution in [0.15, 0.2) is 112 Å². The van der Waals surface area contributed by atoms with Gasteiger partial charge < -0.3 is 4.74 Å². The Morgan fingerprint density at radius 3 is 1.31 bits per heavy atom. The zero-order valence-electron chi connectivity index (χ0n) is 19.7. The van der Waals surface area contributed by atoms with Crippen LogP contribution in [-0.4, -0.2) is 0 Å². The van der Waals surface area contributed by atoms with Gasteiger partial charge >= 0.3 is 18.5 Å². The Morgan fingerprint density at radius 1 is 0.513 bits per heavy atom. The van der Waals surface area contributed by atoms with Crippen molar-refractivity contribution in [1.29, 1.82) is 0 Å². The highest BCUT2D eigenvalue weighted by Gasteiger charge is 2.50. The Bertz CT molecular complexity index is 1320. The van der Waals surface area contributed by atoms with Gasteiger partial charge in [-0.15, -0.1) is 0 Å². The Hall–Kier alpha value is -3.60. The topological polar surface area (TPSA) is 9.23 Å². The van der Waals surface area contributed by atoms with Gasteiger partial charge in [-0.1, -0.05) is 36.4 Å². The van der Waals surface area contributed by atoms with E-state index in [4.69, 9.17) is 4.74 Å². The maximum Gasteiger partial charge on any atom is 0.417 e. The molecule has 0 heterocycles. The van der Waals surface area contributed by atoms with Crippen LogP contribution < -0.4 is 4.74 Å². The van der Waals surface area contributed by atoms with E-state index in [0.29, 0.717) is 0 Å². The molecule has 1 nitrogen and oxygen atoms in total. The molecule has 0 aromatic heterocycles. The molecule has 0 atom stereocenters. The summed E-state index contributed by atoms with van der Waals surface area (Å²) in [4.78, 5) is 2.90. The molecule has 0 unspecified atom stereocenters. The fraction of sp³-hybridized carbons (Fsp3) is 0.143. The normalized spacial score (nSPS) is 12.6. The monoisotopic (exact) mass is 573 g/mol. The second-order valence-corrected chi connectivity index (χ2v) is 10.3. The lowest BCUT2D eigenvalue weighted by molar-refractivity contribution is -0.174. The lowest BCUT2D eigenvalue weighted by Gasteiger charge is -2.22. The summed E-state index contributed by atoms with van der Waals surface area (Å²) in [6.45, 7) is -0.813. The Labute approximate surface area is 220 Å².